The molecule has 0 aliphatic rings. The number of anilines is 3. The van der Waals surface area contributed by atoms with Crippen molar-refractivity contribution in [3.05, 3.63) is 261 Å². The molecule has 0 aliphatic heterocycles. The molecule has 0 atom stereocenters. The molecule has 65 heavy (non-hydrogen) atoms. The monoisotopic (exact) mass is 825 g/mol. The van der Waals surface area contributed by atoms with Gasteiger partial charge in [-0.15, -0.1) is 0 Å². The van der Waals surface area contributed by atoms with E-state index in [9.17, 15) is 0 Å². The summed E-state index contributed by atoms with van der Waals surface area (Å²) < 4.78 is 0. The zero-order chi connectivity index (χ0) is 43.1. The molecular weight excluding hydrogens is 783 g/mol. The zero-order valence-electron chi connectivity index (χ0n) is 35.8. The van der Waals surface area contributed by atoms with Gasteiger partial charge >= 0.3 is 0 Å². The molecule has 12 aromatic carbocycles. The van der Waals surface area contributed by atoms with Gasteiger partial charge in [-0.25, -0.2) is 0 Å². The van der Waals surface area contributed by atoms with Crippen molar-refractivity contribution in [3.8, 4) is 55.6 Å². The number of benzene rings is 12. The van der Waals surface area contributed by atoms with Gasteiger partial charge in [-0.1, -0.05) is 224 Å². The van der Waals surface area contributed by atoms with E-state index in [-0.39, 0.29) is 0 Å². The molecule has 0 aliphatic carbocycles. The van der Waals surface area contributed by atoms with Crippen LogP contribution in [0, 0.1) is 0 Å². The van der Waals surface area contributed by atoms with Crippen molar-refractivity contribution in [2.24, 2.45) is 0 Å². The third-order valence-corrected chi connectivity index (χ3v) is 13.0. The minimum atomic E-state index is 1.08. The van der Waals surface area contributed by atoms with Gasteiger partial charge < -0.3 is 4.90 Å². The summed E-state index contributed by atoms with van der Waals surface area (Å²) in [5.41, 5.74) is 15.4. The highest BCUT2D eigenvalue weighted by atomic mass is 15.1. The first-order chi connectivity index (χ1) is 32.2. The number of rotatable bonds is 8. The van der Waals surface area contributed by atoms with E-state index >= 15 is 0 Å². The maximum atomic E-state index is 2.42. The number of hydrogen-bond donors (Lipinski definition) is 0. The third-order valence-electron chi connectivity index (χ3n) is 13.0. The maximum Gasteiger partial charge on any atom is 0.0474 e. The van der Waals surface area contributed by atoms with Gasteiger partial charge in [0.1, 0.15) is 0 Å². The summed E-state index contributed by atoms with van der Waals surface area (Å²) in [5, 5.41) is 9.89. The lowest BCUT2D eigenvalue weighted by molar-refractivity contribution is 1.29. The van der Waals surface area contributed by atoms with Gasteiger partial charge in [0.2, 0.25) is 0 Å². The molecule has 0 saturated carbocycles. The maximum absolute atomic E-state index is 2.42. The van der Waals surface area contributed by atoms with E-state index in [1.54, 1.807) is 0 Å². The van der Waals surface area contributed by atoms with E-state index in [1.165, 1.54) is 98.7 Å². The summed E-state index contributed by atoms with van der Waals surface area (Å²) in [6.07, 6.45) is 0. The molecule has 0 radical (unpaired) electrons. The highest BCUT2D eigenvalue weighted by Crippen LogP contribution is 2.44. The van der Waals surface area contributed by atoms with Crippen molar-refractivity contribution >= 4 is 60.2 Å². The highest BCUT2D eigenvalue weighted by Gasteiger charge is 2.19. The van der Waals surface area contributed by atoms with Crippen LogP contribution >= 0.6 is 0 Å². The van der Waals surface area contributed by atoms with E-state index in [4.69, 9.17) is 0 Å². The van der Waals surface area contributed by atoms with Crippen LogP contribution in [0.3, 0.4) is 0 Å². The van der Waals surface area contributed by atoms with Gasteiger partial charge in [0.05, 0.1) is 0 Å². The first kappa shape index (κ1) is 38.2. The minimum Gasteiger partial charge on any atom is -0.310 e. The van der Waals surface area contributed by atoms with Crippen molar-refractivity contribution in [3.63, 3.8) is 0 Å². The molecule has 0 aromatic heterocycles. The minimum absolute atomic E-state index is 1.08. The van der Waals surface area contributed by atoms with Crippen LogP contribution in [-0.4, -0.2) is 0 Å². The van der Waals surface area contributed by atoms with Crippen LogP contribution in [0.2, 0.25) is 0 Å². The van der Waals surface area contributed by atoms with Gasteiger partial charge in [0.25, 0.3) is 0 Å². The standard InChI is InChI=1S/C64H43N/c1-3-16-45(17-4-1)57-29-12-23-49-25-14-31-59(63(49)57)47-34-38-52(39-35-47)65(54-42-51-21-8-10-28-56(51)62(43-54)61-33-11-22-44-20-7-9-27-55(44)61)53-40-36-48(37-41-53)60-32-15-26-50-24-13-30-58(64(50)60)46-18-5-2-6-19-46/h1-43H. The van der Waals surface area contributed by atoms with Gasteiger partial charge in [-0.05, 0) is 135 Å². The van der Waals surface area contributed by atoms with E-state index < -0.39 is 0 Å². The summed E-state index contributed by atoms with van der Waals surface area (Å²) in [6, 6.07) is 95.3. The highest BCUT2D eigenvalue weighted by molar-refractivity contribution is 6.10. The predicted octanol–water partition coefficient (Wildman–Crippen LogP) is 18.1. The van der Waals surface area contributed by atoms with Crippen molar-refractivity contribution in [1.29, 1.82) is 0 Å². The summed E-state index contributed by atoms with van der Waals surface area (Å²) >= 11 is 0. The lowest BCUT2D eigenvalue weighted by atomic mass is 9.91. The van der Waals surface area contributed by atoms with Crippen LogP contribution in [0.25, 0.3) is 98.7 Å². The summed E-state index contributed by atoms with van der Waals surface area (Å²) in [7, 11) is 0. The molecule has 0 N–H and O–H groups in total. The average molecular weight is 826 g/mol. The van der Waals surface area contributed by atoms with E-state index in [1.807, 2.05) is 0 Å². The summed E-state index contributed by atoms with van der Waals surface area (Å²) in [5.74, 6) is 0. The Morgan fingerprint density at radius 3 is 1.03 bits per heavy atom. The zero-order valence-corrected chi connectivity index (χ0v) is 35.8. The first-order valence-corrected chi connectivity index (χ1v) is 22.4. The average Bonchev–Trinajstić information content (AvgIpc) is 3.38. The topological polar surface area (TPSA) is 3.24 Å². The molecule has 0 heterocycles. The van der Waals surface area contributed by atoms with Gasteiger partial charge in [-0.2, -0.15) is 0 Å². The van der Waals surface area contributed by atoms with Crippen LogP contribution < -0.4 is 4.90 Å². The molecule has 0 bridgehead atoms. The van der Waals surface area contributed by atoms with Crippen molar-refractivity contribution in [2.75, 3.05) is 4.90 Å². The fourth-order valence-corrected chi connectivity index (χ4v) is 10.0. The van der Waals surface area contributed by atoms with Crippen molar-refractivity contribution in [1.82, 2.24) is 0 Å². The Kier molecular flexibility index (Phi) is 9.58. The SMILES string of the molecule is c1ccc(-c2cccc3cccc(-c4ccc(N(c5ccc(-c6cccc7cccc(-c8ccccc8)c67)cc5)c5cc(-c6cccc7ccccc67)c6ccccc6c5)cc4)c23)cc1. The molecule has 12 aromatic rings. The molecule has 0 saturated heterocycles. The van der Waals surface area contributed by atoms with E-state index in [0.717, 1.165) is 17.1 Å². The van der Waals surface area contributed by atoms with Crippen LogP contribution in [0.1, 0.15) is 0 Å². The number of nitrogens with zero attached hydrogens (tertiary/aromatic N) is 1. The fraction of sp³-hybridized carbons (Fsp3) is 0. The van der Waals surface area contributed by atoms with Crippen LogP contribution in [0.5, 0.6) is 0 Å². The van der Waals surface area contributed by atoms with Crippen LogP contribution in [-0.2, 0) is 0 Å². The predicted molar refractivity (Wildman–Crippen MR) is 278 cm³/mol. The number of fused-ring (bicyclic) bond motifs is 4. The van der Waals surface area contributed by atoms with Gasteiger partial charge in [0.15, 0.2) is 0 Å². The largest absolute Gasteiger partial charge is 0.310 e. The van der Waals surface area contributed by atoms with Gasteiger partial charge in [0, 0.05) is 17.1 Å². The third kappa shape index (κ3) is 6.92. The second-order valence-electron chi connectivity index (χ2n) is 16.8. The molecule has 12 rings (SSSR count). The Balaban J connectivity index is 1.03. The second kappa shape index (κ2) is 16.3. The molecule has 304 valence electrons. The smallest absolute Gasteiger partial charge is 0.0474 e. The molecule has 0 fully saturated rings. The van der Waals surface area contributed by atoms with Crippen LogP contribution in [0.4, 0.5) is 17.1 Å². The van der Waals surface area contributed by atoms with Crippen molar-refractivity contribution in [2.45, 2.75) is 0 Å². The van der Waals surface area contributed by atoms with E-state index in [2.05, 4.69) is 266 Å². The Labute approximate surface area is 379 Å². The second-order valence-corrected chi connectivity index (χ2v) is 16.8. The van der Waals surface area contributed by atoms with Gasteiger partial charge in [-0.3, -0.25) is 0 Å². The molecule has 0 spiro atoms. The van der Waals surface area contributed by atoms with Crippen molar-refractivity contribution < 1.29 is 0 Å². The molecule has 1 nitrogen and oxygen atoms in total. The molecular formula is C64H43N. The van der Waals surface area contributed by atoms with Crippen LogP contribution in [0.15, 0.2) is 261 Å². The summed E-state index contributed by atoms with van der Waals surface area (Å²) in [4.78, 5) is 2.42. The summed E-state index contributed by atoms with van der Waals surface area (Å²) in [6.45, 7) is 0. The quantitative estimate of drug-likeness (QED) is 0.148. The normalized spacial score (nSPS) is 11.4. The lowest BCUT2D eigenvalue weighted by Crippen LogP contribution is -2.10. The lowest BCUT2D eigenvalue weighted by Gasteiger charge is -2.27. The van der Waals surface area contributed by atoms with E-state index in [0.29, 0.717) is 0 Å². The fourth-order valence-electron chi connectivity index (χ4n) is 10.0. The molecule has 0 amide bonds. The Morgan fingerprint density at radius 2 is 0.554 bits per heavy atom. The first-order valence-electron chi connectivity index (χ1n) is 22.4. The Morgan fingerprint density at radius 1 is 0.200 bits per heavy atom. The Hall–Kier alpha value is -8.52. The molecule has 1 heteroatoms. The molecule has 0 unspecified atom stereocenters. The Bertz CT molecular complexity index is 3500. The number of hydrogen-bond acceptors (Lipinski definition) is 1.